The summed E-state index contributed by atoms with van der Waals surface area (Å²) in [5.41, 5.74) is 0.170. The van der Waals surface area contributed by atoms with Crippen molar-refractivity contribution in [1.29, 1.82) is 0 Å². The lowest BCUT2D eigenvalue weighted by atomic mass is 9.73. The van der Waals surface area contributed by atoms with Gasteiger partial charge in [-0.25, -0.2) is 0 Å². The Bertz CT molecular complexity index is 295. The summed E-state index contributed by atoms with van der Waals surface area (Å²) in [5, 5.41) is 0. The lowest BCUT2D eigenvalue weighted by Gasteiger charge is -2.32. The van der Waals surface area contributed by atoms with E-state index in [1.807, 2.05) is 0 Å². The first-order valence-electron chi connectivity index (χ1n) is 6.00. The van der Waals surface area contributed by atoms with Gasteiger partial charge in [-0.15, -0.1) is 0 Å². The molecule has 0 aromatic carbocycles. The van der Waals surface area contributed by atoms with Gasteiger partial charge in [0.05, 0.1) is 7.11 Å². The normalized spacial score (nSPS) is 23.8. The van der Waals surface area contributed by atoms with Gasteiger partial charge in [0, 0.05) is 13.0 Å². The van der Waals surface area contributed by atoms with Crippen molar-refractivity contribution in [3.8, 4) is 0 Å². The van der Waals surface area contributed by atoms with E-state index >= 15 is 0 Å². The molecule has 1 amide bonds. The zero-order chi connectivity index (χ0) is 11.6. The summed E-state index contributed by atoms with van der Waals surface area (Å²) in [6, 6.07) is 0. The van der Waals surface area contributed by atoms with Crippen LogP contribution < -0.4 is 0 Å². The molecule has 2 rings (SSSR count). The van der Waals surface area contributed by atoms with Crippen LogP contribution >= 0.6 is 0 Å². The summed E-state index contributed by atoms with van der Waals surface area (Å²) >= 11 is 0. The van der Waals surface area contributed by atoms with E-state index in [0.717, 1.165) is 19.4 Å². The molecule has 1 saturated carbocycles. The van der Waals surface area contributed by atoms with Crippen molar-refractivity contribution in [3.63, 3.8) is 0 Å². The Hall–Kier alpha value is -1.06. The number of hydrogen-bond donors (Lipinski definition) is 0. The van der Waals surface area contributed by atoms with Crippen molar-refractivity contribution in [2.75, 3.05) is 20.2 Å². The van der Waals surface area contributed by atoms with E-state index in [-0.39, 0.29) is 23.8 Å². The van der Waals surface area contributed by atoms with Crippen molar-refractivity contribution >= 4 is 11.9 Å². The highest BCUT2D eigenvalue weighted by molar-refractivity contribution is 5.84. The van der Waals surface area contributed by atoms with Crippen LogP contribution in [0.2, 0.25) is 0 Å². The molecule has 0 radical (unpaired) electrons. The van der Waals surface area contributed by atoms with E-state index in [2.05, 4.69) is 4.74 Å². The Labute approximate surface area is 95.9 Å². The van der Waals surface area contributed by atoms with Gasteiger partial charge in [-0.1, -0.05) is 19.3 Å². The van der Waals surface area contributed by atoms with Crippen LogP contribution in [-0.4, -0.2) is 37.0 Å². The molecule has 4 heteroatoms. The number of methoxy groups -OCH3 is 1. The molecule has 0 unspecified atom stereocenters. The van der Waals surface area contributed by atoms with Crippen molar-refractivity contribution in [1.82, 2.24) is 4.90 Å². The molecular formula is C12H19NO3. The minimum Gasteiger partial charge on any atom is -0.468 e. The lowest BCUT2D eigenvalue weighted by Crippen LogP contribution is -2.34. The molecule has 1 aliphatic carbocycles. The number of esters is 1. The second-order valence-corrected chi connectivity index (χ2v) is 5.06. The van der Waals surface area contributed by atoms with E-state index in [0.29, 0.717) is 6.42 Å². The van der Waals surface area contributed by atoms with Crippen molar-refractivity contribution < 1.29 is 14.3 Å². The molecule has 0 aromatic heterocycles. The number of ether oxygens (including phenoxy) is 1. The SMILES string of the molecule is COC(=O)CN1CC2(CCCCC2)CC1=O. The quantitative estimate of drug-likeness (QED) is 0.666. The number of carbonyl (C=O) groups is 2. The number of likely N-dealkylation sites (tertiary alicyclic amines) is 1. The van der Waals surface area contributed by atoms with E-state index in [1.165, 1.54) is 26.4 Å². The fraction of sp³-hybridized carbons (Fsp3) is 0.833. The zero-order valence-corrected chi connectivity index (χ0v) is 9.83. The molecule has 0 N–H and O–H groups in total. The topological polar surface area (TPSA) is 46.6 Å². The van der Waals surface area contributed by atoms with Crippen LogP contribution in [0.5, 0.6) is 0 Å². The average molecular weight is 225 g/mol. The Kier molecular flexibility index (Phi) is 3.17. The minimum atomic E-state index is -0.318. The summed E-state index contributed by atoms with van der Waals surface area (Å²) in [5.74, 6) is -0.200. The molecule has 2 fully saturated rings. The van der Waals surface area contributed by atoms with Crippen LogP contribution in [0.25, 0.3) is 0 Å². The van der Waals surface area contributed by atoms with Gasteiger partial charge in [0.25, 0.3) is 0 Å². The summed E-state index contributed by atoms with van der Waals surface area (Å²) < 4.78 is 4.60. The van der Waals surface area contributed by atoms with Gasteiger partial charge >= 0.3 is 5.97 Å². The molecule has 4 nitrogen and oxygen atoms in total. The third kappa shape index (κ3) is 2.20. The van der Waals surface area contributed by atoms with Crippen molar-refractivity contribution in [2.24, 2.45) is 5.41 Å². The third-order valence-electron chi connectivity index (χ3n) is 3.87. The highest BCUT2D eigenvalue weighted by Gasteiger charge is 2.43. The first-order chi connectivity index (χ1) is 7.65. The number of hydrogen-bond acceptors (Lipinski definition) is 3. The molecule has 16 heavy (non-hydrogen) atoms. The molecule has 90 valence electrons. The smallest absolute Gasteiger partial charge is 0.325 e. The van der Waals surface area contributed by atoms with Gasteiger partial charge in [0.2, 0.25) is 5.91 Å². The Morgan fingerprint density at radius 3 is 2.69 bits per heavy atom. The first-order valence-corrected chi connectivity index (χ1v) is 6.00. The van der Waals surface area contributed by atoms with Gasteiger partial charge < -0.3 is 9.64 Å². The van der Waals surface area contributed by atoms with E-state index in [4.69, 9.17) is 0 Å². The van der Waals surface area contributed by atoms with Gasteiger partial charge in [0.1, 0.15) is 6.54 Å². The van der Waals surface area contributed by atoms with Crippen LogP contribution in [0.1, 0.15) is 38.5 Å². The number of amides is 1. The minimum absolute atomic E-state index is 0.118. The predicted molar refractivity (Wildman–Crippen MR) is 58.7 cm³/mol. The Balaban J connectivity index is 1.97. The molecule has 1 aliphatic heterocycles. The molecule has 2 aliphatic rings. The predicted octanol–water partition coefficient (Wildman–Crippen LogP) is 1.34. The largest absolute Gasteiger partial charge is 0.468 e. The van der Waals surface area contributed by atoms with E-state index in [9.17, 15) is 9.59 Å². The number of nitrogens with zero attached hydrogens (tertiary/aromatic N) is 1. The zero-order valence-electron chi connectivity index (χ0n) is 9.83. The van der Waals surface area contributed by atoms with Crippen molar-refractivity contribution in [3.05, 3.63) is 0 Å². The lowest BCUT2D eigenvalue weighted by molar-refractivity contribution is -0.145. The second-order valence-electron chi connectivity index (χ2n) is 5.06. The maximum Gasteiger partial charge on any atom is 0.325 e. The van der Waals surface area contributed by atoms with Gasteiger partial charge in [0.15, 0.2) is 0 Å². The standard InChI is InChI=1S/C12H19NO3/c1-16-11(15)8-13-9-12(7-10(13)14)5-3-2-4-6-12/h2-9H2,1H3. The molecule has 1 heterocycles. The summed E-state index contributed by atoms with van der Waals surface area (Å²) in [4.78, 5) is 24.6. The summed E-state index contributed by atoms with van der Waals surface area (Å²) in [6.07, 6.45) is 6.63. The Morgan fingerprint density at radius 2 is 2.06 bits per heavy atom. The van der Waals surface area contributed by atoms with Crippen molar-refractivity contribution in [2.45, 2.75) is 38.5 Å². The summed E-state index contributed by atoms with van der Waals surface area (Å²) in [6.45, 7) is 0.873. The summed E-state index contributed by atoms with van der Waals surface area (Å²) in [7, 11) is 1.36. The third-order valence-corrected chi connectivity index (χ3v) is 3.87. The van der Waals surface area contributed by atoms with E-state index < -0.39 is 0 Å². The molecule has 0 atom stereocenters. The van der Waals surface area contributed by atoms with Crippen LogP contribution in [0, 0.1) is 5.41 Å². The molecule has 1 spiro atoms. The maximum absolute atomic E-state index is 11.8. The highest BCUT2D eigenvalue weighted by atomic mass is 16.5. The van der Waals surface area contributed by atoms with E-state index in [1.54, 1.807) is 4.90 Å². The van der Waals surface area contributed by atoms with Crippen LogP contribution in [0.4, 0.5) is 0 Å². The second kappa shape index (κ2) is 4.44. The maximum atomic E-state index is 11.8. The number of rotatable bonds is 2. The van der Waals surface area contributed by atoms with Gasteiger partial charge in [-0.05, 0) is 18.3 Å². The average Bonchev–Trinajstić information content (AvgIpc) is 2.56. The first kappa shape index (κ1) is 11.4. The van der Waals surface area contributed by atoms with Crippen LogP contribution in [0.3, 0.4) is 0 Å². The van der Waals surface area contributed by atoms with Gasteiger partial charge in [-0.2, -0.15) is 0 Å². The monoisotopic (exact) mass is 225 g/mol. The molecular weight excluding hydrogens is 206 g/mol. The van der Waals surface area contributed by atoms with Crippen LogP contribution in [-0.2, 0) is 14.3 Å². The molecule has 0 bridgehead atoms. The fourth-order valence-corrected chi connectivity index (χ4v) is 2.98. The van der Waals surface area contributed by atoms with Crippen LogP contribution in [0.15, 0.2) is 0 Å². The highest BCUT2D eigenvalue weighted by Crippen LogP contribution is 2.44. The molecule has 0 aromatic rings. The Morgan fingerprint density at radius 1 is 1.38 bits per heavy atom. The fourth-order valence-electron chi connectivity index (χ4n) is 2.98. The van der Waals surface area contributed by atoms with Gasteiger partial charge in [-0.3, -0.25) is 9.59 Å². The number of carbonyl (C=O) groups excluding carboxylic acids is 2. The molecule has 1 saturated heterocycles.